The predicted molar refractivity (Wildman–Crippen MR) is 60.7 cm³/mol. The van der Waals surface area contributed by atoms with Gasteiger partial charge in [-0.3, -0.25) is 9.78 Å². The lowest BCUT2D eigenvalue weighted by molar-refractivity contribution is -0.141. The van der Waals surface area contributed by atoms with E-state index in [1.807, 2.05) is 0 Å². The van der Waals surface area contributed by atoms with Crippen molar-refractivity contribution in [2.45, 2.75) is 25.8 Å². The van der Waals surface area contributed by atoms with Gasteiger partial charge in [-0.05, 0) is 31.9 Å². The van der Waals surface area contributed by atoms with Crippen molar-refractivity contribution >= 4 is 11.9 Å². The van der Waals surface area contributed by atoms with E-state index in [1.54, 1.807) is 25.3 Å². The van der Waals surface area contributed by atoms with E-state index in [4.69, 9.17) is 5.11 Å². The molecule has 1 fully saturated rings. The Morgan fingerprint density at radius 2 is 2.29 bits per heavy atom. The maximum atomic E-state index is 12.2. The van der Waals surface area contributed by atoms with E-state index in [0.29, 0.717) is 24.2 Å². The van der Waals surface area contributed by atoms with E-state index in [-0.39, 0.29) is 5.91 Å². The number of carbonyl (C=O) groups is 2. The summed E-state index contributed by atoms with van der Waals surface area (Å²) in [6, 6.07) is 2.68. The van der Waals surface area contributed by atoms with Crippen LogP contribution in [0.4, 0.5) is 0 Å². The van der Waals surface area contributed by atoms with Crippen LogP contribution in [0.1, 0.15) is 28.9 Å². The Morgan fingerprint density at radius 1 is 1.53 bits per heavy atom. The molecule has 0 spiro atoms. The highest BCUT2D eigenvalue weighted by molar-refractivity contribution is 5.97. The van der Waals surface area contributed by atoms with Crippen LogP contribution in [0.5, 0.6) is 0 Å². The summed E-state index contributed by atoms with van der Waals surface area (Å²) in [5, 5.41) is 9.04. The van der Waals surface area contributed by atoms with Crippen molar-refractivity contribution in [1.82, 2.24) is 9.88 Å². The summed E-state index contributed by atoms with van der Waals surface area (Å²) in [5.74, 6) is -1.17. The third kappa shape index (κ3) is 2.13. The molecule has 0 aromatic carbocycles. The van der Waals surface area contributed by atoms with E-state index < -0.39 is 12.0 Å². The molecular weight excluding hydrogens is 220 g/mol. The van der Waals surface area contributed by atoms with Crippen LogP contribution in [0.2, 0.25) is 0 Å². The van der Waals surface area contributed by atoms with Gasteiger partial charge in [-0.25, -0.2) is 4.79 Å². The molecule has 1 N–H and O–H groups in total. The highest BCUT2D eigenvalue weighted by Gasteiger charge is 2.34. The first-order chi connectivity index (χ1) is 8.11. The van der Waals surface area contributed by atoms with Gasteiger partial charge in [-0.2, -0.15) is 0 Å². The zero-order valence-electron chi connectivity index (χ0n) is 9.59. The van der Waals surface area contributed by atoms with Crippen LogP contribution >= 0.6 is 0 Å². The number of hydrogen-bond donors (Lipinski definition) is 1. The van der Waals surface area contributed by atoms with Gasteiger partial charge in [0.1, 0.15) is 6.04 Å². The number of carboxylic acid groups (broad SMARTS) is 1. The highest BCUT2D eigenvalue weighted by atomic mass is 16.4. The monoisotopic (exact) mass is 234 g/mol. The normalized spacial score (nSPS) is 19.4. The minimum atomic E-state index is -0.933. The van der Waals surface area contributed by atoms with E-state index in [9.17, 15) is 9.59 Å². The van der Waals surface area contributed by atoms with Crippen molar-refractivity contribution in [1.29, 1.82) is 0 Å². The molecule has 0 radical (unpaired) electrons. The lowest BCUT2D eigenvalue weighted by Crippen LogP contribution is -2.40. The van der Waals surface area contributed by atoms with Crippen molar-refractivity contribution in [3.63, 3.8) is 0 Å². The summed E-state index contributed by atoms with van der Waals surface area (Å²) in [4.78, 5) is 28.7. The SMILES string of the molecule is Cc1ncccc1C(=O)N1CCC[C@@H]1C(=O)O. The maximum absolute atomic E-state index is 12.2. The first-order valence-electron chi connectivity index (χ1n) is 5.56. The summed E-state index contributed by atoms with van der Waals surface area (Å²) >= 11 is 0. The number of rotatable bonds is 2. The van der Waals surface area contributed by atoms with Crippen molar-refractivity contribution < 1.29 is 14.7 Å². The second-order valence-electron chi connectivity index (χ2n) is 4.13. The van der Waals surface area contributed by atoms with Crippen LogP contribution in [0.3, 0.4) is 0 Å². The molecule has 17 heavy (non-hydrogen) atoms. The minimum Gasteiger partial charge on any atom is -0.480 e. The fraction of sp³-hybridized carbons (Fsp3) is 0.417. The van der Waals surface area contributed by atoms with Gasteiger partial charge in [0.25, 0.3) is 5.91 Å². The maximum Gasteiger partial charge on any atom is 0.326 e. The first kappa shape index (κ1) is 11.6. The van der Waals surface area contributed by atoms with Gasteiger partial charge in [0, 0.05) is 18.4 Å². The van der Waals surface area contributed by atoms with Crippen LogP contribution < -0.4 is 0 Å². The number of carboxylic acids is 1. The van der Waals surface area contributed by atoms with E-state index in [2.05, 4.69) is 4.98 Å². The molecule has 1 atom stereocenters. The first-order valence-corrected chi connectivity index (χ1v) is 5.56. The number of hydrogen-bond acceptors (Lipinski definition) is 3. The Morgan fingerprint density at radius 3 is 2.94 bits per heavy atom. The lowest BCUT2D eigenvalue weighted by atomic mass is 10.1. The Hall–Kier alpha value is -1.91. The molecule has 0 bridgehead atoms. The molecule has 0 aliphatic carbocycles. The molecule has 0 saturated carbocycles. The van der Waals surface area contributed by atoms with Gasteiger partial charge in [0.2, 0.25) is 0 Å². The van der Waals surface area contributed by atoms with Gasteiger partial charge >= 0.3 is 5.97 Å². The number of likely N-dealkylation sites (tertiary alicyclic amines) is 1. The largest absolute Gasteiger partial charge is 0.480 e. The van der Waals surface area contributed by atoms with Crippen molar-refractivity contribution in [2.24, 2.45) is 0 Å². The average molecular weight is 234 g/mol. The summed E-state index contributed by atoms with van der Waals surface area (Å²) < 4.78 is 0. The van der Waals surface area contributed by atoms with Crippen molar-refractivity contribution in [3.05, 3.63) is 29.6 Å². The van der Waals surface area contributed by atoms with Crippen LogP contribution in [-0.2, 0) is 4.79 Å². The Balaban J connectivity index is 2.26. The average Bonchev–Trinajstić information content (AvgIpc) is 2.77. The summed E-state index contributed by atoms with van der Waals surface area (Å²) in [6.07, 6.45) is 2.88. The van der Waals surface area contributed by atoms with Crippen LogP contribution in [0, 0.1) is 6.92 Å². The topological polar surface area (TPSA) is 70.5 Å². The zero-order chi connectivity index (χ0) is 12.4. The second kappa shape index (κ2) is 4.53. The number of carbonyl (C=O) groups excluding carboxylic acids is 1. The molecule has 5 heteroatoms. The Bertz CT molecular complexity index is 459. The third-order valence-electron chi connectivity index (χ3n) is 3.04. The Labute approximate surface area is 99.1 Å². The predicted octanol–water partition coefficient (Wildman–Crippen LogP) is 1.08. The number of aryl methyl sites for hydroxylation is 1. The van der Waals surface area contributed by atoms with Gasteiger partial charge in [0.05, 0.1) is 5.56 Å². The summed E-state index contributed by atoms with van der Waals surface area (Å²) in [6.45, 7) is 2.25. The van der Waals surface area contributed by atoms with Gasteiger partial charge in [0.15, 0.2) is 0 Å². The fourth-order valence-electron chi connectivity index (χ4n) is 2.13. The number of aliphatic carboxylic acids is 1. The molecule has 2 heterocycles. The molecule has 5 nitrogen and oxygen atoms in total. The molecule has 1 aliphatic heterocycles. The Kier molecular flexibility index (Phi) is 3.08. The van der Waals surface area contributed by atoms with Gasteiger partial charge < -0.3 is 10.0 Å². The van der Waals surface area contributed by atoms with E-state index in [1.165, 1.54) is 4.90 Å². The van der Waals surface area contributed by atoms with E-state index in [0.717, 1.165) is 6.42 Å². The number of nitrogens with zero attached hydrogens (tertiary/aromatic N) is 2. The summed E-state index contributed by atoms with van der Waals surface area (Å²) in [5.41, 5.74) is 1.12. The van der Waals surface area contributed by atoms with Crippen LogP contribution in [-0.4, -0.2) is 39.5 Å². The molecule has 1 saturated heterocycles. The van der Waals surface area contributed by atoms with Crippen molar-refractivity contribution in [2.75, 3.05) is 6.54 Å². The lowest BCUT2D eigenvalue weighted by Gasteiger charge is -2.21. The molecule has 1 amide bonds. The van der Waals surface area contributed by atoms with Gasteiger partial charge in [-0.1, -0.05) is 0 Å². The highest BCUT2D eigenvalue weighted by Crippen LogP contribution is 2.21. The van der Waals surface area contributed by atoms with Crippen molar-refractivity contribution in [3.8, 4) is 0 Å². The molecule has 2 rings (SSSR count). The minimum absolute atomic E-state index is 0.236. The standard InChI is InChI=1S/C12H14N2O3/c1-8-9(4-2-6-13-8)11(15)14-7-3-5-10(14)12(16)17/h2,4,6,10H,3,5,7H2,1H3,(H,16,17)/t10-/m1/s1. The van der Waals surface area contributed by atoms with Crippen LogP contribution in [0.25, 0.3) is 0 Å². The molecular formula is C12H14N2O3. The second-order valence-corrected chi connectivity index (χ2v) is 4.13. The number of aromatic nitrogens is 1. The van der Waals surface area contributed by atoms with Crippen LogP contribution in [0.15, 0.2) is 18.3 Å². The number of pyridine rings is 1. The number of amides is 1. The van der Waals surface area contributed by atoms with Gasteiger partial charge in [-0.15, -0.1) is 0 Å². The quantitative estimate of drug-likeness (QED) is 0.831. The third-order valence-corrected chi connectivity index (χ3v) is 3.04. The zero-order valence-corrected chi connectivity index (χ0v) is 9.59. The smallest absolute Gasteiger partial charge is 0.326 e. The molecule has 1 aromatic heterocycles. The molecule has 1 aliphatic rings. The summed E-state index contributed by atoms with van der Waals surface area (Å²) in [7, 11) is 0. The van der Waals surface area contributed by atoms with E-state index >= 15 is 0 Å². The molecule has 90 valence electrons. The molecule has 0 unspecified atom stereocenters. The molecule has 1 aromatic rings. The fourth-order valence-corrected chi connectivity index (χ4v) is 2.13.